The Morgan fingerprint density at radius 2 is 2.16 bits per heavy atom. The van der Waals surface area contributed by atoms with Crippen molar-refractivity contribution in [2.75, 3.05) is 19.0 Å². The van der Waals surface area contributed by atoms with E-state index in [0.29, 0.717) is 9.92 Å². The lowest BCUT2D eigenvalue weighted by atomic mass is 10.3. The second-order valence-electron chi connectivity index (χ2n) is 3.72. The topological polar surface area (TPSA) is 72.2 Å². The van der Waals surface area contributed by atoms with Gasteiger partial charge in [-0.3, -0.25) is 10.1 Å². The number of nitrogens with zero attached hydrogens (tertiary/aromatic N) is 4. The number of nitro groups is 1. The molecule has 0 bridgehead atoms. The standard InChI is InChI=1S/C10H9ClN4O2S2/c1-14(2)9-12-13-10(19-9)18-8-4-3-6(15(16)17)5-7(8)11/h3-5H,1-2H3. The number of non-ortho nitro benzene ring substituents is 1. The van der Waals surface area contributed by atoms with Gasteiger partial charge in [0.1, 0.15) is 0 Å². The Bertz CT molecular complexity index is 617. The Hall–Kier alpha value is -1.38. The maximum absolute atomic E-state index is 10.6. The molecule has 0 saturated carbocycles. The first-order valence-electron chi connectivity index (χ1n) is 5.10. The van der Waals surface area contributed by atoms with Crippen molar-refractivity contribution in [1.29, 1.82) is 0 Å². The van der Waals surface area contributed by atoms with E-state index < -0.39 is 4.92 Å². The van der Waals surface area contributed by atoms with Crippen LogP contribution in [-0.2, 0) is 0 Å². The van der Waals surface area contributed by atoms with Crippen molar-refractivity contribution >= 4 is 45.5 Å². The van der Waals surface area contributed by atoms with Crippen molar-refractivity contribution in [3.63, 3.8) is 0 Å². The van der Waals surface area contributed by atoms with Crippen molar-refractivity contribution < 1.29 is 4.92 Å². The molecule has 6 nitrogen and oxygen atoms in total. The zero-order valence-electron chi connectivity index (χ0n) is 10.0. The van der Waals surface area contributed by atoms with Crippen molar-refractivity contribution in [2.45, 2.75) is 9.24 Å². The lowest BCUT2D eigenvalue weighted by molar-refractivity contribution is -0.384. The third-order valence-corrected chi connectivity index (χ3v) is 4.74. The van der Waals surface area contributed by atoms with Crippen LogP contribution in [0.1, 0.15) is 0 Å². The lowest BCUT2D eigenvalue weighted by Crippen LogP contribution is -2.07. The zero-order chi connectivity index (χ0) is 14.0. The minimum Gasteiger partial charge on any atom is -0.353 e. The summed E-state index contributed by atoms with van der Waals surface area (Å²) in [4.78, 5) is 12.7. The number of nitro benzene ring substituents is 1. The van der Waals surface area contributed by atoms with Gasteiger partial charge >= 0.3 is 0 Å². The molecule has 100 valence electrons. The van der Waals surface area contributed by atoms with Gasteiger partial charge in [0.15, 0.2) is 4.34 Å². The van der Waals surface area contributed by atoms with E-state index in [1.165, 1.54) is 35.2 Å². The normalized spacial score (nSPS) is 10.5. The second kappa shape index (κ2) is 5.72. The summed E-state index contributed by atoms with van der Waals surface area (Å²) in [6.45, 7) is 0. The van der Waals surface area contributed by atoms with Gasteiger partial charge in [0.25, 0.3) is 5.69 Å². The molecular weight excluding hydrogens is 308 g/mol. The van der Waals surface area contributed by atoms with Crippen LogP contribution in [0.5, 0.6) is 0 Å². The first-order valence-corrected chi connectivity index (χ1v) is 7.11. The van der Waals surface area contributed by atoms with Crippen LogP contribution < -0.4 is 4.90 Å². The van der Waals surface area contributed by atoms with Gasteiger partial charge in [-0.1, -0.05) is 34.7 Å². The molecule has 0 radical (unpaired) electrons. The molecule has 2 rings (SSSR count). The Morgan fingerprint density at radius 3 is 2.68 bits per heavy atom. The number of halogens is 1. The predicted molar refractivity (Wildman–Crippen MR) is 76.5 cm³/mol. The molecule has 0 unspecified atom stereocenters. The number of hydrogen-bond donors (Lipinski definition) is 0. The van der Waals surface area contributed by atoms with Crippen LogP contribution >= 0.6 is 34.7 Å². The van der Waals surface area contributed by atoms with E-state index in [1.54, 1.807) is 6.07 Å². The van der Waals surface area contributed by atoms with Gasteiger partial charge in [-0.05, 0) is 6.07 Å². The van der Waals surface area contributed by atoms with Gasteiger partial charge < -0.3 is 4.90 Å². The van der Waals surface area contributed by atoms with E-state index in [0.717, 1.165) is 9.47 Å². The van der Waals surface area contributed by atoms with Crippen LogP contribution in [0.15, 0.2) is 27.4 Å². The fraction of sp³-hybridized carbons (Fsp3) is 0.200. The van der Waals surface area contributed by atoms with Crippen LogP contribution in [0.25, 0.3) is 0 Å². The van der Waals surface area contributed by atoms with E-state index in [-0.39, 0.29) is 5.69 Å². The highest BCUT2D eigenvalue weighted by molar-refractivity contribution is 8.01. The van der Waals surface area contributed by atoms with Gasteiger partial charge in [-0.15, -0.1) is 10.2 Å². The summed E-state index contributed by atoms with van der Waals surface area (Å²) >= 11 is 8.78. The summed E-state index contributed by atoms with van der Waals surface area (Å²) in [6.07, 6.45) is 0. The smallest absolute Gasteiger partial charge is 0.270 e. The largest absolute Gasteiger partial charge is 0.353 e. The fourth-order valence-corrected chi connectivity index (χ4v) is 3.22. The quantitative estimate of drug-likeness (QED) is 0.636. The van der Waals surface area contributed by atoms with E-state index in [2.05, 4.69) is 10.2 Å². The molecule has 0 fully saturated rings. The molecule has 0 aliphatic heterocycles. The molecule has 2 aromatic rings. The molecule has 1 aromatic carbocycles. The fourth-order valence-electron chi connectivity index (χ4n) is 1.20. The molecular formula is C10H9ClN4O2S2. The van der Waals surface area contributed by atoms with Gasteiger partial charge in [-0.25, -0.2) is 0 Å². The van der Waals surface area contributed by atoms with Crippen LogP contribution in [0.4, 0.5) is 10.8 Å². The van der Waals surface area contributed by atoms with Gasteiger partial charge in [-0.2, -0.15) is 0 Å². The Kier molecular flexibility index (Phi) is 4.23. The van der Waals surface area contributed by atoms with E-state index in [4.69, 9.17) is 11.6 Å². The minimum atomic E-state index is -0.477. The molecule has 9 heteroatoms. The second-order valence-corrected chi connectivity index (χ2v) is 6.37. The number of hydrogen-bond acceptors (Lipinski definition) is 7. The highest BCUT2D eigenvalue weighted by Crippen LogP contribution is 2.37. The molecule has 0 saturated heterocycles. The molecule has 1 heterocycles. The van der Waals surface area contributed by atoms with Crippen molar-refractivity contribution in [3.8, 4) is 0 Å². The van der Waals surface area contributed by atoms with Crippen LogP contribution in [-0.4, -0.2) is 29.2 Å². The number of anilines is 1. The summed E-state index contributed by atoms with van der Waals surface area (Å²) in [5, 5.41) is 19.8. The van der Waals surface area contributed by atoms with Gasteiger partial charge in [0, 0.05) is 31.1 Å². The zero-order valence-corrected chi connectivity index (χ0v) is 12.4. The van der Waals surface area contributed by atoms with E-state index in [9.17, 15) is 10.1 Å². The molecule has 0 N–H and O–H groups in total. The lowest BCUT2D eigenvalue weighted by Gasteiger charge is -2.04. The summed E-state index contributed by atoms with van der Waals surface area (Å²) in [5.41, 5.74) is -0.0272. The average Bonchev–Trinajstić information content (AvgIpc) is 2.80. The Balaban J connectivity index is 2.20. The molecule has 19 heavy (non-hydrogen) atoms. The maximum atomic E-state index is 10.6. The molecule has 0 atom stereocenters. The van der Waals surface area contributed by atoms with Gasteiger partial charge in [0.2, 0.25) is 5.13 Å². The molecule has 0 spiro atoms. The Labute approximate surface area is 122 Å². The predicted octanol–water partition coefficient (Wildman–Crippen LogP) is 3.32. The first kappa shape index (κ1) is 14.0. The summed E-state index contributed by atoms with van der Waals surface area (Å²) in [5.74, 6) is 0. The summed E-state index contributed by atoms with van der Waals surface area (Å²) in [6, 6.07) is 4.36. The number of aromatic nitrogens is 2. The van der Waals surface area contributed by atoms with Gasteiger partial charge in [0.05, 0.1) is 9.95 Å². The SMILES string of the molecule is CN(C)c1nnc(Sc2ccc([N+](=O)[O-])cc2Cl)s1. The summed E-state index contributed by atoms with van der Waals surface area (Å²) < 4.78 is 0.736. The van der Waals surface area contributed by atoms with Crippen molar-refractivity contribution in [1.82, 2.24) is 10.2 Å². The van der Waals surface area contributed by atoms with E-state index in [1.807, 2.05) is 19.0 Å². The van der Waals surface area contributed by atoms with Crippen LogP contribution in [0.3, 0.4) is 0 Å². The number of rotatable bonds is 4. The first-order chi connectivity index (χ1) is 8.97. The monoisotopic (exact) mass is 316 g/mol. The summed E-state index contributed by atoms with van der Waals surface area (Å²) in [7, 11) is 3.77. The third-order valence-electron chi connectivity index (χ3n) is 2.10. The molecule has 0 aliphatic carbocycles. The highest BCUT2D eigenvalue weighted by atomic mass is 35.5. The number of benzene rings is 1. The maximum Gasteiger partial charge on any atom is 0.270 e. The van der Waals surface area contributed by atoms with Crippen molar-refractivity contribution in [2.24, 2.45) is 0 Å². The van der Waals surface area contributed by atoms with Crippen LogP contribution in [0, 0.1) is 10.1 Å². The minimum absolute atomic E-state index is 0.0272. The third kappa shape index (κ3) is 3.34. The van der Waals surface area contributed by atoms with Crippen molar-refractivity contribution in [3.05, 3.63) is 33.3 Å². The average molecular weight is 317 g/mol. The molecule has 0 aliphatic rings. The Morgan fingerprint density at radius 1 is 1.42 bits per heavy atom. The van der Waals surface area contributed by atoms with Crippen LogP contribution in [0.2, 0.25) is 5.02 Å². The molecule has 1 aromatic heterocycles. The highest BCUT2D eigenvalue weighted by Gasteiger charge is 2.13. The molecule has 0 amide bonds. The van der Waals surface area contributed by atoms with E-state index >= 15 is 0 Å².